The van der Waals surface area contributed by atoms with Gasteiger partial charge >= 0.3 is 0 Å². The van der Waals surface area contributed by atoms with Crippen LogP contribution in [0.25, 0.3) is 0 Å². The summed E-state index contributed by atoms with van der Waals surface area (Å²) in [6.07, 6.45) is 7.13. The number of rotatable bonds is 7. The molecule has 1 aromatic rings. The Bertz CT molecular complexity index is 306. The van der Waals surface area contributed by atoms with Gasteiger partial charge in [-0.3, -0.25) is 0 Å². The van der Waals surface area contributed by atoms with Gasteiger partial charge in [-0.15, -0.1) is 0 Å². The highest BCUT2D eigenvalue weighted by Gasteiger charge is 2.12. The van der Waals surface area contributed by atoms with Crippen LogP contribution in [-0.2, 0) is 11.3 Å². The van der Waals surface area contributed by atoms with Gasteiger partial charge in [0, 0.05) is 6.54 Å². The minimum atomic E-state index is 0.728. The lowest BCUT2D eigenvalue weighted by Gasteiger charge is -2.21. The molecule has 0 spiro atoms. The Kier molecular flexibility index (Phi) is 6.24. The van der Waals surface area contributed by atoms with Crippen LogP contribution in [-0.4, -0.2) is 19.7 Å². The lowest BCUT2D eigenvalue weighted by molar-refractivity contribution is 0.121. The summed E-state index contributed by atoms with van der Waals surface area (Å²) in [6.45, 7) is 3.69. The highest BCUT2D eigenvalue weighted by atomic mass is 16.5. The summed E-state index contributed by atoms with van der Waals surface area (Å²) in [4.78, 5) is 0. The van der Waals surface area contributed by atoms with Crippen LogP contribution >= 0.6 is 0 Å². The first-order valence-corrected chi connectivity index (χ1v) is 7.27. The molecule has 0 atom stereocenters. The molecule has 0 unspecified atom stereocenters. The second kappa shape index (κ2) is 8.28. The van der Waals surface area contributed by atoms with E-state index in [-0.39, 0.29) is 0 Å². The third kappa shape index (κ3) is 5.19. The second-order valence-electron chi connectivity index (χ2n) is 5.25. The molecule has 2 heteroatoms. The van der Waals surface area contributed by atoms with Crippen molar-refractivity contribution in [3.8, 4) is 0 Å². The maximum atomic E-state index is 5.65. The number of hydrogen-bond donors (Lipinski definition) is 1. The Hall–Kier alpha value is -0.860. The maximum absolute atomic E-state index is 5.65. The van der Waals surface area contributed by atoms with Crippen molar-refractivity contribution < 1.29 is 4.74 Å². The number of ether oxygens (including phenoxy) is 1. The van der Waals surface area contributed by atoms with Crippen LogP contribution in [0.1, 0.15) is 37.7 Å². The lowest BCUT2D eigenvalue weighted by Crippen LogP contribution is -2.27. The SMILES string of the molecule is c1ccc(COCCNCC2CCCCC2)cc1. The van der Waals surface area contributed by atoms with Crippen LogP contribution < -0.4 is 5.32 Å². The van der Waals surface area contributed by atoms with E-state index in [9.17, 15) is 0 Å². The first-order chi connectivity index (χ1) is 8.95. The van der Waals surface area contributed by atoms with Crippen LogP contribution in [0.5, 0.6) is 0 Å². The van der Waals surface area contributed by atoms with Crippen LogP contribution in [0.15, 0.2) is 30.3 Å². The summed E-state index contributed by atoms with van der Waals surface area (Å²) in [5, 5.41) is 3.52. The summed E-state index contributed by atoms with van der Waals surface area (Å²) in [5.41, 5.74) is 1.25. The van der Waals surface area contributed by atoms with E-state index >= 15 is 0 Å². The molecule has 0 aliphatic heterocycles. The summed E-state index contributed by atoms with van der Waals surface area (Å²) in [5.74, 6) is 0.910. The first-order valence-electron chi connectivity index (χ1n) is 7.27. The van der Waals surface area contributed by atoms with Crippen molar-refractivity contribution in [3.05, 3.63) is 35.9 Å². The molecule has 0 heterocycles. The molecule has 1 fully saturated rings. The van der Waals surface area contributed by atoms with Crippen molar-refractivity contribution in [3.63, 3.8) is 0 Å². The lowest BCUT2D eigenvalue weighted by atomic mass is 9.89. The van der Waals surface area contributed by atoms with E-state index in [1.807, 2.05) is 6.07 Å². The molecule has 2 rings (SSSR count). The minimum Gasteiger partial charge on any atom is -0.375 e. The summed E-state index contributed by atoms with van der Waals surface area (Å²) >= 11 is 0. The molecule has 100 valence electrons. The van der Waals surface area contributed by atoms with Gasteiger partial charge in [0.05, 0.1) is 13.2 Å². The van der Waals surface area contributed by atoms with E-state index < -0.39 is 0 Å². The zero-order chi connectivity index (χ0) is 12.5. The maximum Gasteiger partial charge on any atom is 0.0717 e. The van der Waals surface area contributed by atoms with Crippen molar-refractivity contribution in [2.24, 2.45) is 5.92 Å². The Labute approximate surface area is 111 Å². The molecule has 1 saturated carbocycles. The molecule has 1 N–H and O–H groups in total. The van der Waals surface area contributed by atoms with E-state index in [0.29, 0.717) is 0 Å². The van der Waals surface area contributed by atoms with E-state index in [4.69, 9.17) is 4.74 Å². The van der Waals surface area contributed by atoms with Crippen molar-refractivity contribution in [2.45, 2.75) is 38.7 Å². The Balaban J connectivity index is 1.46. The summed E-state index contributed by atoms with van der Waals surface area (Å²) in [6, 6.07) is 10.4. The molecular formula is C16H25NO. The molecule has 1 aliphatic rings. The van der Waals surface area contributed by atoms with Crippen molar-refractivity contribution in [1.29, 1.82) is 0 Å². The monoisotopic (exact) mass is 247 g/mol. The van der Waals surface area contributed by atoms with E-state index in [1.165, 1.54) is 44.2 Å². The highest BCUT2D eigenvalue weighted by molar-refractivity contribution is 5.13. The fraction of sp³-hybridized carbons (Fsp3) is 0.625. The largest absolute Gasteiger partial charge is 0.375 e. The molecule has 1 aromatic carbocycles. The molecule has 2 nitrogen and oxygen atoms in total. The summed E-state index contributed by atoms with van der Waals surface area (Å²) < 4.78 is 5.65. The number of hydrogen-bond acceptors (Lipinski definition) is 2. The number of nitrogens with one attached hydrogen (secondary N) is 1. The highest BCUT2D eigenvalue weighted by Crippen LogP contribution is 2.22. The van der Waals surface area contributed by atoms with Crippen LogP contribution in [0, 0.1) is 5.92 Å². The Morgan fingerprint density at radius 2 is 1.83 bits per heavy atom. The number of benzene rings is 1. The van der Waals surface area contributed by atoms with Gasteiger partial charge in [-0.1, -0.05) is 49.6 Å². The molecule has 0 radical (unpaired) electrons. The van der Waals surface area contributed by atoms with Crippen molar-refractivity contribution in [2.75, 3.05) is 19.7 Å². The van der Waals surface area contributed by atoms with Gasteiger partial charge in [-0.05, 0) is 30.9 Å². The minimum absolute atomic E-state index is 0.728. The van der Waals surface area contributed by atoms with Gasteiger partial charge in [0.25, 0.3) is 0 Å². The van der Waals surface area contributed by atoms with Crippen LogP contribution in [0.4, 0.5) is 0 Å². The van der Waals surface area contributed by atoms with Gasteiger partial charge in [0.2, 0.25) is 0 Å². The van der Waals surface area contributed by atoms with Crippen molar-refractivity contribution >= 4 is 0 Å². The second-order valence-corrected chi connectivity index (χ2v) is 5.25. The predicted molar refractivity (Wildman–Crippen MR) is 75.5 cm³/mol. The molecule has 1 aliphatic carbocycles. The van der Waals surface area contributed by atoms with Gasteiger partial charge in [-0.2, -0.15) is 0 Å². The molecule has 0 amide bonds. The average molecular weight is 247 g/mol. The molecule has 0 saturated heterocycles. The van der Waals surface area contributed by atoms with Crippen LogP contribution in [0.3, 0.4) is 0 Å². The summed E-state index contributed by atoms with van der Waals surface area (Å²) in [7, 11) is 0. The van der Waals surface area contributed by atoms with E-state index in [2.05, 4.69) is 29.6 Å². The third-order valence-electron chi connectivity index (χ3n) is 3.69. The molecule has 18 heavy (non-hydrogen) atoms. The van der Waals surface area contributed by atoms with E-state index in [1.54, 1.807) is 0 Å². The zero-order valence-electron chi connectivity index (χ0n) is 11.2. The molecule has 0 bridgehead atoms. The van der Waals surface area contributed by atoms with Gasteiger partial charge in [-0.25, -0.2) is 0 Å². The van der Waals surface area contributed by atoms with Gasteiger partial charge in [0.1, 0.15) is 0 Å². The fourth-order valence-corrected chi connectivity index (χ4v) is 2.61. The van der Waals surface area contributed by atoms with Gasteiger partial charge < -0.3 is 10.1 Å². The normalized spacial score (nSPS) is 16.9. The Morgan fingerprint density at radius 3 is 2.61 bits per heavy atom. The van der Waals surface area contributed by atoms with Gasteiger partial charge in [0.15, 0.2) is 0 Å². The molecule has 0 aromatic heterocycles. The average Bonchev–Trinajstić information content (AvgIpc) is 2.45. The quantitative estimate of drug-likeness (QED) is 0.746. The fourth-order valence-electron chi connectivity index (χ4n) is 2.61. The first kappa shape index (κ1) is 13.6. The Morgan fingerprint density at radius 1 is 1.06 bits per heavy atom. The third-order valence-corrected chi connectivity index (χ3v) is 3.69. The van der Waals surface area contributed by atoms with Crippen LogP contribution in [0.2, 0.25) is 0 Å². The smallest absolute Gasteiger partial charge is 0.0717 e. The predicted octanol–water partition coefficient (Wildman–Crippen LogP) is 3.37. The van der Waals surface area contributed by atoms with Crippen molar-refractivity contribution in [1.82, 2.24) is 5.32 Å². The standard InChI is InChI=1S/C16H25NO/c1-3-7-15(8-4-1)13-17-11-12-18-14-16-9-5-2-6-10-16/h2,5-6,9-10,15,17H,1,3-4,7-8,11-14H2. The zero-order valence-corrected chi connectivity index (χ0v) is 11.2. The topological polar surface area (TPSA) is 21.3 Å². The molecular weight excluding hydrogens is 222 g/mol. The van der Waals surface area contributed by atoms with E-state index in [0.717, 1.165) is 25.7 Å².